The van der Waals surface area contributed by atoms with Crippen molar-refractivity contribution in [2.45, 2.75) is 82.8 Å². The molecule has 5 nitrogen and oxygen atoms in total. The van der Waals surface area contributed by atoms with E-state index in [1.807, 2.05) is 30.6 Å². The fourth-order valence-electron chi connectivity index (χ4n) is 5.67. The van der Waals surface area contributed by atoms with Crippen molar-refractivity contribution in [2.75, 3.05) is 0 Å². The molecule has 0 amide bonds. The summed E-state index contributed by atoms with van der Waals surface area (Å²) in [7, 11) is 0. The van der Waals surface area contributed by atoms with E-state index in [0.29, 0.717) is 18.6 Å². The SMILES string of the molecule is Cc1cc2ccncc2n1CC1(O)CC2CCC(C1)N2Cc1ccc(C#CC(C)(C)O)cc1. The molecule has 2 aromatic heterocycles. The van der Waals surface area contributed by atoms with Crippen LogP contribution in [0.5, 0.6) is 0 Å². The van der Waals surface area contributed by atoms with Crippen LogP contribution in [0.3, 0.4) is 0 Å². The molecule has 2 N–H and O–H groups in total. The molecule has 2 unspecified atom stereocenters. The number of piperidine rings is 1. The minimum atomic E-state index is -0.982. The van der Waals surface area contributed by atoms with Crippen molar-refractivity contribution >= 4 is 10.9 Å². The Labute approximate surface area is 196 Å². The van der Waals surface area contributed by atoms with E-state index >= 15 is 0 Å². The number of aryl methyl sites for hydroxylation is 1. The molecule has 0 saturated carbocycles. The number of aromatic nitrogens is 2. The van der Waals surface area contributed by atoms with Gasteiger partial charge in [-0.25, -0.2) is 0 Å². The van der Waals surface area contributed by atoms with Gasteiger partial charge in [-0.2, -0.15) is 0 Å². The van der Waals surface area contributed by atoms with Gasteiger partial charge in [0, 0.05) is 41.5 Å². The molecular weight excluding hydrogens is 410 g/mol. The third kappa shape index (κ3) is 4.70. The number of pyridine rings is 1. The van der Waals surface area contributed by atoms with Gasteiger partial charge in [0.2, 0.25) is 0 Å². The Kier molecular flexibility index (Phi) is 5.56. The highest BCUT2D eigenvalue weighted by molar-refractivity contribution is 5.80. The molecule has 5 rings (SSSR count). The van der Waals surface area contributed by atoms with Crippen LogP contribution in [0.4, 0.5) is 0 Å². The van der Waals surface area contributed by atoms with Crippen LogP contribution in [-0.4, -0.2) is 47.9 Å². The van der Waals surface area contributed by atoms with Gasteiger partial charge in [-0.15, -0.1) is 0 Å². The van der Waals surface area contributed by atoms with Gasteiger partial charge < -0.3 is 14.8 Å². The largest absolute Gasteiger partial charge is 0.388 e. The first kappa shape index (κ1) is 22.2. The van der Waals surface area contributed by atoms with Crippen molar-refractivity contribution in [3.05, 3.63) is 65.6 Å². The summed E-state index contributed by atoms with van der Waals surface area (Å²) in [5, 5.41) is 22.6. The average molecular weight is 444 g/mol. The highest BCUT2D eigenvalue weighted by Crippen LogP contribution is 2.43. The first-order chi connectivity index (χ1) is 15.7. The first-order valence-electron chi connectivity index (χ1n) is 11.9. The molecule has 0 aliphatic carbocycles. The van der Waals surface area contributed by atoms with Crippen LogP contribution in [0.2, 0.25) is 0 Å². The summed E-state index contributed by atoms with van der Waals surface area (Å²) in [6, 6.07) is 13.4. The lowest BCUT2D eigenvalue weighted by Crippen LogP contribution is -2.52. The average Bonchev–Trinajstić information content (AvgIpc) is 3.20. The highest BCUT2D eigenvalue weighted by atomic mass is 16.3. The van der Waals surface area contributed by atoms with E-state index in [9.17, 15) is 10.2 Å². The van der Waals surface area contributed by atoms with Gasteiger partial charge >= 0.3 is 0 Å². The molecule has 33 heavy (non-hydrogen) atoms. The number of nitrogens with zero attached hydrogens (tertiary/aromatic N) is 3. The molecule has 2 aliphatic heterocycles. The molecule has 2 fully saturated rings. The molecule has 5 heteroatoms. The third-order valence-electron chi connectivity index (χ3n) is 7.20. The Balaban J connectivity index is 1.28. The van der Waals surface area contributed by atoms with E-state index in [4.69, 9.17) is 0 Å². The summed E-state index contributed by atoms with van der Waals surface area (Å²) in [4.78, 5) is 6.89. The molecule has 2 saturated heterocycles. The summed E-state index contributed by atoms with van der Waals surface area (Å²) in [6.07, 6.45) is 7.64. The monoisotopic (exact) mass is 443 g/mol. The van der Waals surface area contributed by atoms with Crippen LogP contribution in [0.1, 0.15) is 56.4 Å². The van der Waals surface area contributed by atoms with Crippen molar-refractivity contribution in [3.63, 3.8) is 0 Å². The van der Waals surface area contributed by atoms with Gasteiger partial charge in [0.25, 0.3) is 0 Å². The fourth-order valence-corrected chi connectivity index (χ4v) is 5.67. The summed E-state index contributed by atoms with van der Waals surface area (Å²) in [6.45, 7) is 7.03. The van der Waals surface area contributed by atoms with Gasteiger partial charge in [-0.1, -0.05) is 24.0 Å². The topological polar surface area (TPSA) is 61.5 Å². The van der Waals surface area contributed by atoms with Gasteiger partial charge in [0.15, 0.2) is 0 Å². The Morgan fingerprint density at radius 3 is 2.48 bits per heavy atom. The summed E-state index contributed by atoms with van der Waals surface area (Å²) in [5.74, 6) is 5.91. The molecule has 172 valence electrons. The predicted octanol–water partition coefficient (Wildman–Crippen LogP) is 4.03. The molecule has 1 aromatic carbocycles. The lowest BCUT2D eigenvalue weighted by atomic mass is 9.85. The molecule has 0 radical (unpaired) electrons. The lowest BCUT2D eigenvalue weighted by molar-refractivity contribution is -0.0647. The van der Waals surface area contributed by atoms with Crippen LogP contribution >= 0.6 is 0 Å². The molecule has 2 bridgehead atoms. The van der Waals surface area contributed by atoms with Gasteiger partial charge in [0.1, 0.15) is 5.60 Å². The molecule has 2 aliphatic rings. The van der Waals surface area contributed by atoms with Crippen LogP contribution in [0, 0.1) is 18.8 Å². The maximum absolute atomic E-state index is 11.6. The summed E-state index contributed by atoms with van der Waals surface area (Å²) in [5.41, 5.74) is 2.79. The zero-order valence-corrected chi connectivity index (χ0v) is 19.8. The van der Waals surface area contributed by atoms with E-state index in [1.165, 1.54) is 16.6 Å². The number of benzene rings is 1. The Bertz CT molecular complexity index is 1200. The second-order valence-corrected chi connectivity index (χ2v) is 10.5. The molecular formula is C28H33N3O2. The Morgan fingerprint density at radius 2 is 1.82 bits per heavy atom. The highest BCUT2D eigenvalue weighted by Gasteiger charge is 2.47. The molecule has 3 aromatic rings. The van der Waals surface area contributed by atoms with E-state index in [2.05, 4.69) is 51.4 Å². The zero-order chi connectivity index (χ0) is 23.2. The number of hydrogen-bond donors (Lipinski definition) is 2. The first-order valence-corrected chi connectivity index (χ1v) is 11.9. The van der Waals surface area contributed by atoms with Gasteiger partial charge in [0.05, 0.1) is 23.9 Å². The minimum Gasteiger partial charge on any atom is -0.388 e. The lowest BCUT2D eigenvalue weighted by Gasteiger charge is -2.44. The van der Waals surface area contributed by atoms with Gasteiger partial charge in [-0.3, -0.25) is 9.88 Å². The summed E-state index contributed by atoms with van der Waals surface area (Å²) < 4.78 is 2.24. The van der Waals surface area contributed by atoms with Crippen molar-refractivity contribution in [1.29, 1.82) is 0 Å². The van der Waals surface area contributed by atoms with Crippen LogP contribution in [0.25, 0.3) is 10.9 Å². The number of hydrogen-bond acceptors (Lipinski definition) is 4. The van der Waals surface area contributed by atoms with Crippen molar-refractivity contribution in [2.24, 2.45) is 0 Å². The second kappa shape index (κ2) is 8.29. The van der Waals surface area contributed by atoms with E-state index in [0.717, 1.165) is 43.3 Å². The predicted molar refractivity (Wildman–Crippen MR) is 131 cm³/mol. The zero-order valence-electron chi connectivity index (χ0n) is 19.8. The Morgan fingerprint density at radius 1 is 1.12 bits per heavy atom. The van der Waals surface area contributed by atoms with Crippen molar-refractivity contribution < 1.29 is 10.2 Å². The second-order valence-electron chi connectivity index (χ2n) is 10.5. The van der Waals surface area contributed by atoms with Crippen molar-refractivity contribution in [1.82, 2.24) is 14.5 Å². The maximum atomic E-state index is 11.6. The normalized spacial score (nSPS) is 25.2. The minimum absolute atomic E-state index is 0.406. The van der Waals surface area contributed by atoms with E-state index < -0.39 is 11.2 Å². The fraction of sp³-hybridized carbons (Fsp3) is 0.464. The molecule has 0 spiro atoms. The van der Waals surface area contributed by atoms with Gasteiger partial charge in [-0.05, 0) is 76.3 Å². The summed E-state index contributed by atoms with van der Waals surface area (Å²) >= 11 is 0. The van der Waals surface area contributed by atoms with E-state index in [1.54, 1.807) is 13.8 Å². The standard InChI is InChI=1S/C28H33N3O2/c1-20-14-23-11-13-29-17-26(23)31(20)19-28(33)15-24-8-9-25(16-28)30(24)18-22-6-4-21(5-7-22)10-12-27(2,3)32/h4-7,11,13-14,17,24-25,32-33H,8-9,15-16,18-19H2,1-3H3. The maximum Gasteiger partial charge on any atom is 0.120 e. The van der Waals surface area contributed by atoms with Crippen LogP contribution in [-0.2, 0) is 13.1 Å². The number of aliphatic hydroxyl groups is 2. The quantitative estimate of drug-likeness (QED) is 0.598. The van der Waals surface area contributed by atoms with Crippen molar-refractivity contribution in [3.8, 4) is 11.8 Å². The third-order valence-corrected chi connectivity index (χ3v) is 7.20. The molecule has 4 heterocycles. The Hall–Kier alpha value is -2.65. The number of rotatable bonds is 4. The van der Waals surface area contributed by atoms with Crippen LogP contribution in [0.15, 0.2) is 48.8 Å². The molecule has 2 atom stereocenters. The van der Waals surface area contributed by atoms with E-state index in [-0.39, 0.29) is 0 Å². The number of fused-ring (bicyclic) bond motifs is 3. The van der Waals surface area contributed by atoms with Crippen LogP contribution < -0.4 is 0 Å². The smallest absolute Gasteiger partial charge is 0.120 e.